The lowest BCUT2D eigenvalue weighted by molar-refractivity contribution is 0.153. The van der Waals surface area contributed by atoms with E-state index in [2.05, 4.69) is 0 Å². The van der Waals surface area contributed by atoms with Crippen molar-refractivity contribution in [3.63, 3.8) is 0 Å². The summed E-state index contributed by atoms with van der Waals surface area (Å²) >= 11 is 0. The van der Waals surface area contributed by atoms with Crippen LogP contribution in [-0.2, 0) is 22.6 Å². The molecule has 32 heavy (non-hydrogen) atoms. The Morgan fingerprint density at radius 2 is 0.969 bits per heavy atom. The van der Waals surface area contributed by atoms with Gasteiger partial charge in [0.15, 0.2) is 0 Å². The van der Waals surface area contributed by atoms with Crippen LogP contribution in [0.2, 0.25) is 0 Å². The number of nitrogens with zero attached hydrogens (tertiary/aromatic N) is 2. The van der Waals surface area contributed by atoms with Gasteiger partial charge in [-0.3, -0.25) is 9.80 Å². The highest BCUT2D eigenvalue weighted by molar-refractivity contribution is 5.71. The fraction of sp³-hybridized carbons (Fsp3) is 0.231. The number of hydrogen-bond donors (Lipinski definition) is 0. The van der Waals surface area contributed by atoms with E-state index in [4.69, 9.17) is 9.47 Å². The van der Waals surface area contributed by atoms with Crippen LogP contribution in [-0.4, -0.2) is 35.2 Å². The lowest BCUT2D eigenvalue weighted by atomic mass is 10.0. The van der Waals surface area contributed by atoms with E-state index in [1.807, 2.05) is 84.9 Å². The van der Waals surface area contributed by atoms with Crippen LogP contribution in [0.5, 0.6) is 0 Å². The number of hydrogen-bond acceptors (Lipinski definition) is 4. The summed E-state index contributed by atoms with van der Waals surface area (Å²) in [6.45, 7) is 1.49. The van der Waals surface area contributed by atoms with Crippen LogP contribution in [0.25, 0.3) is 0 Å². The number of rotatable bonds is 6. The second kappa shape index (κ2) is 8.75. The first-order valence-corrected chi connectivity index (χ1v) is 10.7. The first kappa shape index (κ1) is 20.1. The molecule has 0 unspecified atom stereocenters. The van der Waals surface area contributed by atoms with Gasteiger partial charge >= 0.3 is 12.2 Å². The van der Waals surface area contributed by atoms with E-state index >= 15 is 0 Å². The maximum Gasteiger partial charge on any atom is 0.410 e. The first-order valence-electron chi connectivity index (χ1n) is 10.7. The molecule has 162 valence electrons. The molecule has 6 nitrogen and oxygen atoms in total. The topological polar surface area (TPSA) is 59.1 Å². The van der Waals surface area contributed by atoms with Crippen LogP contribution in [0.15, 0.2) is 84.9 Å². The van der Waals surface area contributed by atoms with E-state index in [1.165, 1.54) is 0 Å². The zero-order chi connectivity index (χ0) is 21.9. The van der Waals surface area contributed by atoms with Crippen molar-refractivity contribution in [1.82, 2.24) is 9.80 Å². The Bertz CT molecular complexity index is 1010. The normalized spacial score (nSPS) is 20.4. The summed E-state index contributed by atoms with van der Waals surface area (Å²) < 4.78 is 10.7. The standard InChI is InChI=1S/C26H24N2O4/c29-25-27(23(17-31-25)19-9-3-1-4-10-19)15-21-13-7-8-14-22(21)16-28-24(18-32-26(28)30)20-11-5-2-6-12-20/h1-14,23-24H,15-18H2/t23-,24-/m1/s1. The quantitative estimate of drug-likeness (QED) is 0.550. The van der Waals surface area contributed by atoms with Gasteiger partial charge in [-0.15, -0.1) is 0 Å². The third-order valence-electron chi connectivity index (χ3n) is 6.12. The molecule has 5 rings (SSSR count). The van der Waals surface area contributed by atoms with Crippen molar-refractivity contribution in [1.29, 1.82) is 0 Å². The zero-order valence-electron chi connectivity index (χ0n) is 17.6. The average Bonchev–Trinajstić information content (AvgIpc) is 3.38. The summed E-state index contributed by atoms with van der Waals surface area (Å²) in [5, 5.41) is 0. The Balaban J connectivity index is 1.39. The third kappa shape index (κ3) is 3.91. The summed E-state index contributed by atoms with van der Waals surface area (Å²) in [5.74, 6) is 0. The van der Waals surface area contributed by atoms with Crippen molar-refractivity contribution in [2.24, 2.45) is 0 Å². The highest BCUT2D eigenvalue weighted by Gasteiger charge is 2.36. The molecule has 3 aromatic rings. The first-order chi connectivity index (χ1) is 15.7. The molecule has 2 heterocycles. The SMILES string of the molecule is O=C1OC[C@H](c2ccccc2)N1Cc1ccccc1CN1C(=O)OC[C@@H]1c1ccccc1. The highest BCUT2D eigenvalue weighted by atomic mass is 16.6. The molecule has 0 aliphatic carbocycles. The second-order valence-electron chi connectivity index (χ2n) is 8.03. The number of benzene rings is 3. The molecule has 0 N–H and O–H groups in total. The summed E-state index contributed by atoms with van der Waals surface area (Å²) in [6.07, 6.45) is -0.646. The van der Waals surface area contributed by atoms with Gasteiger partial charge in [0.25, 0.3) is 0 Å². The molecule has 3 aromatic carbocycles. The van der Waals surface area contributed by atoms with Crippen LogP contribution in [0.1, 0.15) is 34.3 Å². The van der Waals surface area contributed by atoms with Gasteiger partial charge in [-0.05, 0) is 22.3 Å². The molecule has 6 heteroatoms. The van der Waals surface area contributed by atoms with Crippen molar-refractivity contribution < 1.29 is 19.1 Å². The second-order valence-corrected chi connectivity index (χ2v) is 8.03. The Kier molecular flexibility index (Phi) is 5.50. The van der Waals surface area contributed by atoms with Gasteiger partial charge in [-0.25, -0.2) is 9.59 Å². The Hall–Kier alpha value is -3.80. The van der Waals surface area contributed by atoms with E-state index < -0.39 is 0 Å². The molecule has 2 aliphatic heterocycles. The minimum absolute atomic E-state index is 0.134. The molecule has 2 amide bonds. The summed E-state index contributed by atoms with van der Waals surface area (Å²) in [7, 11) is 0. The molecule has 2 aliphatic rings. The van der Waals surface area contributed by atoms with E-state index in [0.29, 0.717) is 26.3 Å². The average molecular weight is 428 g/mol. The maximum atomic E-state index is 12.5. The molecular formula is C26H24N2O4. The summed E-state index contributed by atoms with van der Waals surface area (Å²) in [6, 6.07) is 27.5. The van der Waals surface area contributed by atoms with Crippen LogP contribution in [0.3, 0.4) is 0 Å². The Morgan fingerprint density at radius 3 is 1.38 bits per heavy atom. The highest BCUT2D eigenvalue weighted by Crippen LogP contribution is 2.32. The Labute approximate surface area is 187 Å². The third-order valence-corrected chi connectivity index (χ3v) is 6.12. The predicted molar refractivity (Wildman–Crippen MR) is 119 cm³/mol. The molecule has 0 saturated carbocycles. The predicted octanol–water partition coefficient (Wildman–Crippen LogP) is 5.07. The van der Waals surface area contributed by atoms with E-state index in [0.717, 1.165) is 22.3 Å². The molecule has 0 radical (unpaired) electrons. The maximum absolute atomic E-state index is 12.5. The minimum Gasteiger partial charge on any atom is -0.447 e. The van der Waals surface area contributed by atoms with Gasteiger partial charge in [0, 0.05) is 0 Å². The van der Waals surface area contributed by atoms with Gasteiger partial charge in [-0.1, -0.05) is 84.9 Å². The summed E-state index contributed by atoms with van der Waals surface area (Å²) in [4.78, 5) is 28.6. The van der Waals surface area contributed by atoms with Crippen LogP contribution in [0.4, 0.5) is 9.59 Å². The summed E-state index contributed by atoms with van der Waals surface area (Å²) in [5.41, 5.74) is 4.06. The van der Waals surface area contributed by atoms with E-state index in [1.54, 1.807) is 9.80 Å². The van der Waals surface area contributed by atoms with Crippen LogP contribution in [0, 0.1) is 0 Å². The minimum atomic E-state index is -0.323. The number of ether oxygens (including phenoxy) is 2. The monoisotopic (exact) mass is 428 g/mol. The fourth-order valence-electron chi connectivity index (χ4n) is 4.39. The molecule has 0 spiro atoms. The zero-order valence-corrected chi connectivity index (χ0v) is 17.6. The van der Waals surface area contributed by atoms with E-state index in [-0.39, 0.29) is 24.3 Å². The van der Waals surface area contributed by atoms with Crippen molar-refractivity contribution in [3.8, 4) is 0 Å². The molecule has 0 bridgehead atoms. The lowest BCUT2D eigenvalue weighted by Crippen LogP contribution is -2.30. The Morgan fingerprint density at radius 1 is 0.594 bits per heavy atom. The van der Waals surface area contributed by atoms with Crippen LogP contribution >= 0.6 is 0 Å². The van der Waals surface area contributed by atoms with Crippen LogP contribution < -0.4 is 0 Å². The molecule has 2 saturated heterocycles. The number of carbonyl (C=O) groups is 2. The number of cyclic esters (lactones) is 2. The smallest absolute Gasteiger partial charge is 0.410 e. The van der Waals surface area contributed by atoms with Gasteiger partial charge in [0.05, 0.1) is 25.2 Å². The fourth-order valence-corrected chi connectivity index (χ4v) is 4.39. The van der Waals surface area contributed by atoms with E-state index in [9.17, 15) is 9.59 Å². The lowest BCUT2D eigenvalue weighted by Gasteiger charge is -2.26. The van der Waals surface area contributed by atoms with Crippen molar-refractivity contribution in [2.75, 3.05) is 13.2 Å². The molecular weight excluding hydrogens is 404 g/mol. The van der Waals surface area contributed by atoms with Crippen molar-refractivity contribution in [2.45, 2.75) is 25.2 Å². The van der Waals surface area contributed by atoms with Gasteiger partial charge in [-0.2, -0.15) is 0 Å². The van der Waals surface area contributed by atoms with Crippen molar-refractivity contribution in [3.05, 3.63) is 107 Å². The molecule has 2 atom stereocenters. The van der Waals surface area contributed by atoms with Gasteiger partial charge in [0.1, 0.15) is 13.2 Å². The largest absolute Gasteiger partial charge is 0.447 e. The van der Waals surface area contributed by atoms with Gasteiger partial charge < -0.3 is 9.47 Å². The molecule has 2 fully saturated rings. The number of amides is 2. The van der Waals surface area contributed by atoms with Gasteiger partial charge in [0.2, 0.25) is 0 Å². The molecule has 0 aromatic heterocycles. The number of carbonyl (C=O) groups excluding carboxylic acids is 2. The van der Waals surface area contributed by atoms with Crippen molar-refractivity contribution >= 4 is 12.2 Å².